The quantitative estimate of drug-likeness (QED) is 0.683. The molecule has 1 aromatic heterocycles. The summed E-state index contributed by atoms with van der Waals surface area (Å²) in [6.45, 7) is 2.97. The molecule has 24 heavy (non-hydrogen) atoms. The molecule has 3 rings (SSSR count). The van der Waals surface area contributed by atoms with Crippen LogP contribution in [-0.2, 0) is 24.8 Å². The summed E-state index contributed by atoms with van der Waals surface area (Å²) >= 11 is 4.36. The SMILES string of the molecule is CCOC(=O)c1nn(C)c2c1CN(C(=O)c1ccccc1S)CC2. The number of carbonyl (C=O) groups is 2. The van der Waals surface area contributed by atoms with Gasteiger partial charge in [-0.3, -0.25) is 9.48 Å². The van der Waals surface area contributed by atoms with Gasteiger partial charge in [0.05, 0.1) is 18.7 Å². The minimum atomic E-state index is -0.446. The first kappa shape index (κ1) is 16.6. The standard InChI is InChI=1S/C17H19N3O3S/c1-3-23-17(22)15-12-10-20(9-8-13(12)19(2)18-15)16(21)11-6-4-5-7-14(11)24/h4-7,24H,3,8-10H2,1-2H3. The number of esters is 1. The van der Waals surface area contributed by atoms with Crippen LogP contribution in [0.2, 0.25) is 0 Å². The van der Waals surface area contributed by atoms with E-state index in [4.69, 9.17) is 4.74 Å². The lowest BCUT2D eigenvalue weighted by atomic mass is 10.0. The first-order valence-corrected chi connectivity index (χ1v) is 8.26. The lowest BCUT2D eigenvalue weighted by Crippen LogP contribution is -2.36. The first-order valence-electron chi connectivity index (χ1n) is 7.82. The van der Waals surface area contributed by atoms with E-state index < -0.39 is 5.97 Å². The number of nitrogens with zero attached hydrogens (tertiary/aromatic N) is 3. The maximum Gasteiger partial charge on any atom is 0.359 e. The molecule has 0 saturated heterocycles. The average Bonchev–Trinajstić information content (AvgIpc) is 2.91. The summed E-state index contributed by atoms with van der Waals surface area (Å²) < 4.78 is 6.78. The monoisotopic (exact) mass is 345 g/mol. The summed E-state index contributed by atoms with van der Waals surface area (Å²) in [6, 6.07) is 7.21. The number of carbonyl (C=O) groups excluding carboxylic acids is 2. The number of amides is 1. The molecule has 6 nitrogen and oxygen atoms in total. The second kappa shape index (κ2) is 6.68. The Kier molecular flexibility index (Phi) is 4.62. The van der Waals surface area contributed by atoms with Crippen LogP contribution in [0, 0.1) is 0 Å². The van der Waals surface area contributed by atoms with E-state index in [0.29, 0.717) is 42.3 Å². The van der Waals surface area contributed by atoms with Gasteiger partial charge in [0, 0.05) is 36.2 Å². The summed E-state index contributed by atoms with van der Waals surface area (Å²) in [7, 11) is 1.81. The Morgan fingerprint density at radius 3 is 2.79 bits per heavy atom. The van der Waals surface area contributed by atoms with E-state index in [2.05, 4.69) is 17.7 Å². The Bertz CT molecular complexity index is 800. The van der Waals surface area contributed by atoms with Crippen molar-refractivity contribution in [2.24, 2.45) is 7.05 Å². The summed E-state index contributed by atoms with van der Waals surface area (Å²) in [4.78, 5) is 27.3. The molecule has 126 valence electrons. The zero-order chi connectivity index (χ0) is 17.3. The van der Waals surface area contributed by atoms with Gasteiger partial charge in [-0.25, -0.2) is 4.79 Å². The highest BCUT2D eigenvalue weighted by molar-refractivity contribution is 7.80. The number of aryl methyl sites for hydroxylation is 1. The number of benzene rings is 1. The van der Waals surface area contributed by atoms with E-state index in [1.165, 1.54) is 0 Å². The number of hydrogen-bond donors (Lipinski definition) is 1. The molecule has 0 bridgehead atoms. The van der Waals surface area contributed by atoms with E-state index in [1.54, 1.807) is 28.6 Å². The Labute approximate surface area is 145 Å². The summed E-state index contributed by atoms with van der Waals surface area (Å²) in [5.74, 6) is -0.539. The second-order valence-corrected chi connectivity index (χ2v) is 6.09. The fourth-order valence-electron chi connectivity index (χ4n) is 2.95. The molecule has 0 fully saturated rings. The van der Waals surface area contributed by atoms with Crippen molar-refractivity contribution in [3.8, 4) is 0 Å². The van der Waals surface area contributed by atoms with Crippen molar-refractivity contribution >= 4 is 24.5 Å². The number of hydrogen-bond acceptors (Lipinski definition) is 5. The molecular weight excluding hydrogens is 326 g/mol. The Hall–Kier alpha value is -2.28. The van der Waals surface area contributed by atoms with E-state index >= 15 is 0 Å². The van der Waals surface area contributed by atoms with Crippen LogP contribution in [0.5, 0.6) is 0 Å². The highest BCUT2D eigenvalue weighted by atomic mass is 32.1. The lowest BCUT2D eigenvalue weighted by molar-refractivity contribution is 0.0513. The molecule has 7 heteroatoms. The maximum absolute atomic E-state index is 12.8. The van der Waals surface area contributed by atoms with Gasteiger partial charge in [-0.05, 0) is 19.1 Å². The Balaban J connectivity index is 1.90. The highest BCUT2D eigenvalue weighted by Gasteiger charge is 2.30. The van der Waals surface area contributed by atoms with E-state index in [0.717, 1.165) is 11.3 Å². The summed E-state index contributed by atoms with van der Waals surface area (Å²) in [6.07, 6.45) is 0.652. The molecule has 1 aromatic carbocycles. The number of rotatable bonds is 3. The van der Waals surface area contributed by atoms with Gasteiger partial charge in [0.1, 0.15) is 0 Å². The van der Waals surface area contributed by atoms with Crippen LogP contribution in [0.25, 0.3) is 0 Å². The van der Waals surface area contributed by atoms with Crippen molar-refractivity contribution < 1.29 is 14.3 Å². The predicted octanol–water partition coefficient (Wildman–Crippen LogP) is 2.08. The molecule has 1 aliphatic heterocycles. The highest BCUT2D eigenvalue weighted by Crippen LogP contribution is 2.25. The molecule has 1 aliphatic rings. The Morgan fingerprint density at radius 2 is 2.08 bits per heavy atom. The molecule has 0 saturated carbocycles. The fraction of sp³-hybridized carbons (Fsp3) is 0.353. The molecule has 0 radical (unpaired) electrons. The van der Waals surface area contributed by atoms with E-state index in [9.17, 15) is 9.59 Å². The third-order valence-corrected chi connectivity index (χ3v) is 4.52. The molecule has 0 unspecified atom stereocenters. The van der Waals surface area contributed by atoms with Gasteiger partial charge < -0.3 is 9.64 Å². The molecule has 0 N–H and O–H groups in total. The lowest BCUT2D eigenvalue weighted by Gasteiger charge is -2.28. The third kappa shape index (κ3) is 2.91. The van der Waals surface area contributed by atoms with Crippen LogP contribution in [0.1, 0.15) is 39.0 Å². The third-order valence-electron chi connectivity index (χ3n) is 4.13. The van der Waals surface area contributed by atoms with Gasteiger partial charge in [0.2, 0.25) is 0 Å². The van der Waals surface area contributed by atoms with Crippen LogP contribution >= 0.6 is 12.6 Å². The number of thiol groups is 1. The molecule has 1 amide bonds. The van der Waals surface area contributed by atoms with Gasteiger partial charge in [-0.1, -0.05) is 12.1 Å². The molecular formula is C17H19N3O3S. The molecule has 2 heterocycles. The van der Waals surface area contributed by atoms with Crippen molar-refractivity contribution in [1.82, 2.24) is 14.7 Å². The normalized spacial score (nSPS) is 13.5. The van der Waals surface area contributed by atoms with Gasteiger partial charge in [-0.15, -0.1) is 12.6 Å². The molecule has 2 aromatic rings. The van der Waals surface area contributed by atoms with Gasteiger partial charge >= 0.3 is 5.97 Å². The van der Waals surface area contributed by atoms with Crippen LogP contribution in [0.4, 0.5) is 0 Å². The van der Waals surface area contributed by atoms with E-state index in [1.807, 2.05) is 19.2 Å². The van der Waals surface area contributed by atoms with Crippen LogP contribution in [0.3, 0.4) is 0 Å². The minimum Gasteiger partial charge on any atom is -0.461 e. The van der Waals surface area contributed by atoms with Gasteiger partial charge in [0.15, 0.2) is 5.69 Å². The topological polar surface area (TPSA) is 64.4 Å². The fourth-order valence-corrected chi connectivity index (χ4v) is 3.21. The van der Waals surface area contributed by atoms with Crippen LogP contribution in [0.15, 0.2) is 29.2 Å². The van der Waals surface area contributed by atoms with Crippen molar-refractivity contribution in [2.75, 3.05) is 13.2 Å². The second-order valence-electron chi connectivity index (χ2n) is 5.61. The van der Waals surface area contributed by atoms with E-state index in [-0.39, 0.29) is 5.91 Å². The zero-order valence-corrected chi connectivity index (χ0v) is 14.5. The predicted molar refractivity (Wildman–Crippen MR) is 91.3 cm³/mol. The smallest absolute Gasteiger partial charge is 0.359 e. The largest absolute Gasteiger partial charge is 0.461 e. The van der Waals surface area contributed by atoms with Crippen LogP contribution in [-0.4, -0.2) is 39.7 Å². The molecule has 0 spiro atoms. The first-order chi connectivity index (χ1) is 11.5. The van der Waals surface area contributed by atoms with Crippen molar-refractivity contribution in [2.45, 2.75) is 24.8 Å². The molecule has 0 atom stereocenters. The van der Waals surface area contributed by atoms with Gasteiger partial charge in [0.25, 0.3) is 5.91 Å². The summed E-state index contributed by atoms with van der Waals surface area (Å²) in [5.41, 5.74) is 2.60. The minimum absolute atomic E-state index is 0.0927. The van der Waals surface area contributed by atoms with Crippen molar-refractivity contribution in [3.63, 3.8) is 0 Å². The number of aromatic nitrogens is 2. The number of ether oxygens (including phenoxy) is 1. The Morgan fingerprint density at radius 1 is 1.33 bits per heavy atom. The number of fused-ring (bicyclic) bond motifs is 1. The maximum atomic E-state index is 12.8. The molecule has 0 aliphatic carbocycles. The summed E-state index contributed by atoms with van der Waals surface area (Å²) in [5, 5.41) is 4.28. The van der Waals surface area contributed by atoms with Crippen molar-refractivity contribution in [3.05, 3.63) is 46.8 Å². The average molecular weight is 345 g/mol. The van der Waals surface area contributed by atoms with Crippen LogP contribution < -0.4 is 0 Å². The zero-order valence-electron chi connectivity index (χ0n) is 13.7. The van der Waals surface area contributed by atoms with Crippen molar-refractivity contribution in [1.29, 1.82) is 0 Å². The van der Waals surface area contributed by atoms with Gasteiger partial charge in [-0.2, -0.15) is 5.10 Å².